The van der Waals surface area contributed by atoms with Crippen molar-refractivity contribution < 1.29 is 0 Å². The summed E-state index contributed by atoms with van der Waals surface area (Å²) >= 11 is 0. The van der Waals surface area contributed by atoms with E-state index in [9.17, 15) is 0 Å². The van der Waals surface area contributed by atoms with Crippen molar-refractivity contribution in [2.75, 3.05) is 0 Å². The van der Waals surface area contributed by atoms with Gasteiger partial charge in [0.15, 0.2) is 0 Å². The van der Waals surface area contributed by atoms with E-state index in [0.717, 1.165) is 12.8 Å². The Morgan fingerprint density at radius 1 is 1.30 bits per heavy atom. The summed E-state index contributed by atoms with van der Waals surface area (Å²) in [5.74, 6) is 0. The summed E-state index contributed by atoms with van der Waals surface area (Å²) < 4.78 is 0. The van der Waals surface area contributed by atoms with Gasteiger partial charge in [0, 0.05) is 0 Å². The summed E-state index contributed by atoms with van der Waals surface area (Å²) in [7, 11) is 0. The van der Waals surface area contributed by atoms with Crippen LogP contribution in [0.3, 0.4) is 0 Å². The molecule has 0 N–H and O–H groups in total. The van der Waals surface area contributed by atoms with Gasteiger partial charge in [0.2, 0.25) is 0 Å². The third kappa shape index (κ3) is 7.48. The predicted octanol–water partition coefficient (Wildman–Crippen LogP) is 3.51. The van der Waals surface area contributed by atoms with Crippen LogP contribution in [0, 0.1) is 6.42 Å². The van der Waals surface area contributed by atoms with Crippen molar-refractivity contribution in [3.05, 3.63) is 30.2 Å². The molecule has 0 aliphatic carbocycles. The fourth-order valence-corrected chi connectivity index (χ4v) is 0.615. The molecular formula is C10H17. The van der Waals surface area contributed by atoms with Crippen LogP contribution in [0.25, 0.3) is 0 Å². The van der Waals surface area contributed by atoms with E-state index in [4.69, 9.17) is 0 Å². The van der Waals surface area contributed by atoms with Gasteiger partial charge in [-0.3, -0.25) is 0 Å². The molecule has 10 heavy (non-hydrogen) atoms. The number of allylic oxidation sites excluding steroid dienone is 4. The molecule has 0 saturated carbocycles. The smallest absolute Gasteiger partial charge is 0.0133 e. The van der Waals surface area contributed by atoms with E-state index in [1.54, 1.807) is 0 Å². The second-order valence-corrected chi connectivity index (χ2v) is 2.59. The van der Waals surface area contributed by atoms with Crippen LogP contribution in [0.5, 0.6) is 0 Å². The molecule has 0 rings (SSSR count). The van der Waals surface area contributed by atoms with Gasteiger partial charge in [-0.25, -0.2) is 0 Å². The predicted molar refractivity (Wildman–Crippen MR) is 47.8 cm³/mol. The largest absolute Gasteiger partial charge is 0.0885 e. The van der Waals surface area contributed by atoms with Crippen molar-refractivity contribution in [1.29, 1.82) is 0 Å². The maximum absolute atomic E-state index is 2.22. The summed E-state index contributed by atoms with van der Waals surface area (Å²) in [5.41, 5.74) is 1.39. The molecular weight excluding hydrogens is 120 g/mol. The molecule has 57 valence electrons. The minimum absolute atomic E-state index is 1.07. The lowest BCUT2D eigenvalue weighted by atomic mass is 10.2. The van der Waals surface area contributed by atoms with E-state index in [1.165, 1.54) is 5.57 Å². The molecule has 0 unspecified atom stereocenters. The molecule has 0 saturated heterocycles. The molecule has 0 fully saturated rings. The van der Waals surface area contributed by atoms with E-state index in [0.29, 0.717) is 0 Å². The van der Waals surface area contributed by atoms with Crippen LogP contribution in [0.15, 0.2) is 23.8 Å². The first-order chi connectivity index (χ1) is 4.77. The SMILES string of the molecule is CCC=C[CH]CC=C(C)C. The van der Waals surface area contributed by atoms with Crippen molar-refractivity contribution >= 4 is 0 Å². The minimum Gasteiger partial charge on any atom is -0.0885 e. The Balaban J connectivity index is 3.21. The third-order valence-corrected chi connectivity index (χ3v) is 1.17. The molecule has 0 aromatic rings. The van der Waals surface area contributed by atoms with Gasteiger partial charge in [0.25, 0.3) is 0 Å². The molecule has 0 atom stereocenters. The summed E-state index contributed by atoms with van der Waals surface area (Å²) in [6.45, 7) is 6.39. The lowest BCUT2D eigenvalue weighted by Crippen LogP contribution is -1.68. The number of unbranched alkanes of at least 4 members (excludes halogenated alkanes) is 1. The molecule has 0 amide bonds. The summed E-state index contributed by atoms with van der Waals surface area (Å²) in [6.07, 6.45) is 10.9. The summed E-state index contributed by atoms with van der Waals surface area (Å²) in [6, 6.07) is 0. The fraction of sp³-hybridized carbons (Fsp3) is 0.500. The van der Waals surface area contributed by atoms with Gasteiger partial charge < -0.3 is 0 Å². The fourth-order valence-electron chi connectivity index (χ4n) is 0.615. The highest BCUT2D eigenvalue weighted by atomic mass is 13.8. The lowest BCUT2D eigenvalue weighted by molar-refractivity contribution is 1.18. The van der Waals surface area contributed by atoms with Crippen LogP contribution >= 0.6 is 0 Å². The molecule has 0 aromatic heterocycles. The highest BCUT2D eigenvalue weighted by Gasteiger charge is 1.77. The van der Waals surface area contributed by atoms with Crippen molar-refractivity contribution in [2.24, 2.45) is 0 Å². The Labute approximate surface area is 64.6 Å². The highest BCUT2D eigenvalue weighted by molar-refractivity contribution is 5.02. The van der Waals surface area contributed by atoms with E-state index in [-0.39, 0.29) is 0 Å². The highest BCUT2D eigenvalue weighted by Crippen LogP contribution is 1.96. The van der Waals surface area contributed by atoms with Crippen LogP contribution < -0.4 is 0 Å². The van der Waals surface area contributed by atoms with Gasteiger partial charge in [-0.2, -0.15) is 0 Å². The number of hydrogen-bond acceptors (Lipinski definition) is 0. The Hall–Kier alpha value is -0.520. The van der Waals surface area contributed by atoms with Crippen LogP contribution in [-0.2, 0) is 0 Å². The second kappa shape index (κ2) is 6.60. The molecule has 0 aliphatic heterocycles. The quantitative estimate of drug-likeness (QED) is 0.411. The molecule has 0 spiro atoms. The average molecular weight is 137 g/mol. The van der Waals surface area contributed by atoms with E-state index in [1.807, 2.05) is 0 Å². The van der Waals surface area contributed by atoms with Crippen LogP contribution in [0.1, 0.15) is 33.6 Å². The van der Waals surface area contributed by atoms with Gasteiger partial charge in [-0.15, -0.1) is 0 Å². The van der Waals surface area contributed by atoms with Crippen molar-refractivity contribution in [1.82, 2.24) is 0 Å². The molecule has 0 bridgehead atoms. The van der Waals surface area contributed by atoms with E-state index >= 15 is 0 Å². The Morgan fingerprint density at radius 3 is 2.50 bits per heavy atom. The maximum Gasteiger partial charge on any atom is -0.0133 e. The standard InChI is InChI=1S/C10H17/c1-4-5-6-7-8-9-10(2)3/h5-7,9H,4,8H2,1-3H3. The Bertz CT molecular complexity index is 114. The zero-order chi connectivity index (χ0) is 7.82. The summed E-state index contributed by atoms with van der Waals surface area (Å²) in [5, 5.41) is 0. The van der Waals surface area contributed by atoms with Crippen molar-refractivity contribution in [3.63, 3.8) is 0 Å². The average Bonchev–Trinajstić information content (AvgIpc) is 1.87. The first-order valence-corrected chi connectivity index (χ1v) is 3.89. The van der Waals surface area contributed by atoms with Crippen LogP contribution in [0.4, 0.5) is 0 Å². The maximum atomic E-state index is 2.22. The van der Waals surface area contributed by atoms with Gasteiger partial charge in [-0.05, 0) is 33.1 Å². The minimum atomic E-state index is 1.07. The van der Waals surface area contributed by atoms with Gasteiger partial charge in [-0.1, -0.05) is 30.7 Å². The van der Waals surface area contributed by atoms with Gasteiger partial charge in [0.1, 0.15) is 0 Å². The lowest BCUT2D eigenvalue weighted by Gasteiger charge is -1.87. The zero-order valence-corrected chi connectivity index (χ0v) is 7.22. The van der Waals surface area contributed by atoms with Crippen LogP contribution in [-0.4, -0.2) is 0 Å². The first-order valence-electron chi connectivity index (χ1n) is 3.89. The van der Waals surface area contributed by atoms with E-state index in [2.05, 4.69) is 45.4 Å². The summed E-state index contributed by atoms with van der Waals surface area (Å²) in [4.78, 5) is 0. The second-order valence-electron chi connectivity index (χ2n) is 2.59. The Morgan fingerprint density at radius 2 is 2.00 bits per heavy atom. The number of hydrogen-bond donors (Lipinski definition) is 0. The van der Waals surface area contributed by atoms with Crippen molar-refractivity contribution in [2.45, 2.75) is 33.6 Å². The molecule has 0 heteroatoms. The molecule has 1 radical (unpaired) electrons. The topological polar surface area (TPSA) is 0 Å². The number of rotatable bonds is 4. The third-order valence-electron chi connectivity index (χ3n) is 1.17. The Kier molecular flexibility index (Phi) is 6.25. The molecule has 0 aromatic carbocycles. The first kappa shape index (κ1) is 9.48. The van der Waals surface area contributed by atoms with Gasteiger partial charge in [0.05, 0.1) is 0 Å². The normalized spacial score (nSPS) is 10.3. The zero-order valence-electron chi connectivity index (χ0n) is 7.22. The van der Waals surface area contributed by atoms with E-state index < -0.39 is 0 Å². The molecule has 0 heterocycles. The van der Waals surface area contributed by atoms with Crippen molar-refractivity contribution in [3.8, 4) is 0 Å². The van der Waals surface area contributed by atoms with Gasteiger partial charge >= 0.3 is 0 Å². The molecule has 0 aliphatic rings. The van der Waals surface area contributed by atoms with Crippen LogP contribution in [0.2, 0.25) is 0 Å². The molecule has 0 nitrogen and oxygen atoms in total. The monoisotopic (exact) mass is 137 g/mol.